The maximum Gasteiger partial charge on any atom is 0.256 e. The van der Waals surface area contributed by atoms with Crippen LogP contribution in [0.3, 0.4) is 0 Å². The second kappa shape index (κ2) is 10.5. The molecule has 0 radical (unpaired) electrons. The SMILES string of the molecule is CCCCCCc1ccc(C(=O)Nc2cc(C(C)(C)C)nn2-c2ccc(OC)cc2)cc1. The summed E-state index contributed by atoms with van der Waals surface area (Å²) < 4.78 is 7.04. The molecule has 0 aliphatic rings. The van der Waals surface area contributed by atoms with E-state index in [9.17, 15) is 4.79 Å². The molecule has 170 valence electrons. The third-order valence-corrected chi connectivity index (χ3v) is 5.57. The van der Waals surface area contributed by atoms with Gasteiger partial charge in [0.05, 0.1) is 18.5 Å². The van der Waals surface area contributed by atoms with Gasteiger partial charge in [-0.05, 0) is 54.8 Å². The minimum atomic E-state index is -0.142. The fraction of sp³-hybridized carbons (Fsp3) is 0.407. The highest BCUT2D eigenvalue weighted by Gasteiger charge is 2.22. The molecule has 32 heavy (non-hydrogen) atoms. The lowest BCUT2D eigenvalue weighted by Gasteiger charge is -2.14. The lowest BCUT2D eigenvalue weighted by Crippen LogP contribution is -2.15. The first-order valence-corrected chi connectivity index (χ1v) is 11.5. The van der Waals surface area contributed by atoms with E-state index in [-0.39, 0.29) is 11.3 Å². The minimum absolute atomic E-state index is 0.141. The van der Waals surface area contributed by atoms with Gasteiger partial charge in [0.2, 0.25) is 0 Å². The first kappa shape index (κ1) is 23.6. The maximum absolute atomic E-state index is 13.0. The molecule has 5 nitrogen and oxygen atoms in total. The molecule has 0 aliphatic carbocycles. The molecule has 0 atom stereocenters. The van der Waals surface area contributed by atoms with Gasteiger partial charge in [-0.2, -0.15) is 5.10 Å². The van der Waals surface area contributed by atoms with E-state index in [1.54, 1.807) is 11.8 Å². The molecule has 0 saturated carbocycles. The van der Waals surface area contributed by atoms with E-state index in [1.165, 1.54) is 31.2 Å². The molecule has 0 bridgehead atoms. The molecular weight excluding hydrogens is 398 g/mol. The highest BCUT2D eigenvalue weighted by Crippen LogP contribution is 2.27. The lowest BCUT2D eigenvalue weighted by molar-refractivity contribution is 0.102. The zero-order chi connectivity index (χ0) is 23.1. The van der Waals surface area contributed by atoms with Crippen LogP contribution in [0.25, 0.3) is 5.69 Å². The number of ether oxygens (including phenoxy) is 1. The monoisotopic (exact) mass is 433 g/mol. The Labute approximate surface area is 191 Å². The number of benzene rings is 2. The molecular formula is C27H35N3O2. The van der Waals surface area contributed by atoms with Crippen molar-refractivity contribution in [1.29, 1.82) is 0 Å². The quantitative estimate of drug-likeness (QED) is 0.389. The molecule has 0 aliphatic heterocycles. The summed E-state index contributed by atoms with van der Waals surface area (Å²) >= 11 is 0. The van der Waals surface area contributed by atoms with E-state index in [0.29, 0.717) is 11.4 Å². The number of hydrogen-bond donors (Lipinski definition) is 1. The van der Waals surface area contributed by atoms with E-state index in [2.05, 4.69) is 45.1 Å². The predicted molar refractivity (Wildman–Crippen MR) is 131 cm³/mol. The number of nitrogens with zero attached hydrogens (tertiary/aromatic N) is 2. The van der Waals surface area contributed by atoms with Crippen molar-refractivity contribution in [2.45, 2.75) is 65.2 Å². The number of unbranched alkanes of at least 4 members (excludes halogenated alkanes) is 3. The number of carbonyl (C=O) groups is 1. The molecule has 0 saturated heterocycles. The summed E-state index contributed by atoms with van der Waals surface area (Å²) in [6.45, 7) is 8.55. The van der Waals surface area contributed by atoms with Crippen LogP contribution in [0.15, 0.2) is 54.6 Å². The van der Waals surface area contributed by atoms with Crippen molar-refractivity contribution in [3.05, 3.63) is 71.4 Å². The Bertz CT molecular complexity index is 1010. The van der Waals surface area contributed by atoms with Crippen molar-refractivity contribution >= 4 is 11.7 Å². The van der Waals surface area contributed by atoms with E-state index < -0.39 is 0 Å². The van der Waals surface area contributed by atoms with Gasteiger partial charge in [0, 0.05) is 17.0 Å². The molecule has 2 aromatic carbocycles. The van der Waals surface area contributed by atoms with Gasteiger partial charge in [0.1, 0.15) is 11.6 Å². The van der Waals surface area contributed by atoms with Gasteiger partial charge < -0.3 is 10.1 Å². The highest BCUT2D eigenvalue weighted by molar-refractivity contribution is 6.04. The first-order chi connectivity index (χ1) is 15.3. The number of nitrogens with one attached hydrogen (secondary N) is 1. The Morgan fingerprint density at radius 1 is 1.00 bits per heavy atom. The van der Waals surface area contributed by atoms with Gasteiger partial charge >= 0.3 is 0 Å². The number of amides is 1. The number of hydrogen-bond acceptors (Lipinski definition) is 3. The fourth-order valence-corrected chi connectivity index (χ4v) is 3.52. The van der Waals surface area contributed by atoms with Crippen molar-refractivity contribution in [3.8, 4) is 11.4 Å². The number of methoxy groups -OCH3 is 1. The van der Waals surface area contributed by atoms with Crippen LogP contribution in [0.5, 0.6) is 5.75 Å². The second-order valence-electron chi connectivity index (χ2n) is 9.24. The topological polar surface area (TPSA) is 56.2 Å². The highest BCUT2D eigenvalue weighted by atomic mass is 16.5. The van der Waals surface area contributed by atoms with Crippen molar-refractivity contribution in [3.63, 3.8) is 0 Å². The molecule has 1 amide bonds. The van der Waals surface area contributed by atoms with E-state index >= 15 is 0 Å². The molecule has 0 spiro atoms. The zero-order valence-corrected chi connectivity index (χ0v) is 19.9. The van der Waals surface area contributed by atoms with Crippen molar-refractivity contribution < 1.29 is 9.53 Å². The number of carbonyl (C=O) groups excluding carboxylic acids is 1. The van der Waals surface area contributed by atoms with Crippen LogP contribution >= 0.6 is 0 Å². The third kappa shape index (κ3) is 6.00. The normalized spacial score (nSPS) is 11.4. The number of aryl methyl sites for hydroxylation is 1. The summed E-state index contributed by atoms with van der Waals surface area (Å²) in [6, 6.07) is 17.5. The standard InChI is InChI=1S/C27H35N3O2/c1-6-7-8-9-10-20-11-13-21(14-12-20)26(31)28-25-19-24(27(2,3)4)29-30(25)22-15-17-23(32-5)18-16-22/h11-19H,6-10H2,1-5H3,(H,28,31). The van der Waals surface area contributed by atoms with Crippen LogP contribution in [-0.2, 0) is 11.8 Å². The average molecular weight is 434 g/mol. The van der Waals surface area contributed by atoms with Crippen LogP contribution in [0, 0.1) is 0 Å². The smallest absolute Gasteiger partial charge is 0.256 e. The summed E-state index contributed by atoms with van der Waals surface area (Å²) in [6.07, 6.45) is 6.02. The third-order valence-electron chi connectivity index (χ3n) is 5.57. The van der Waals surface area contributed by atoms with E-state index in [0.717, 1.165) is 23.6 Å². The van der Waals surface area contributed by atoms with Crippen molar-refractivity contribution in [2.24, 2.45) is 0 Å². The number of rotatable bonds is 9. The average Bonchev–Trinajstić information content (AvgIpc) is 3.21. The Hall–Kier alpha value is -3.08. The Balaban J connectivity index is 1.79. The summed E-state index contributed by atoms with van der Waals surface area (Å²) in [5.41, 5.74) is 3.54. The first-order valence-electron chi connectivity index (χ1n) is 11.5. The molecule has 3 aromatic rings. The van der Waals surface area contributed by atoms with Gasteiger partial charge in [-0.3, -0.25) is 4.79 Å². The van der Waals surface area contributed by atoms with Crippen molar-refractivity contribution in [2.75, 3.05) is 12.4 Å². The molecule has 1 heterocycles. The largest absolute Gasteiger partial charge is 0.497 e. The maximum atomic E-state index is 13.0. The Morgan fingerprint density at radius 3 is 2.28 bits per heavy atom. The van der Waals surface area contributed by atoms with Crippen LogP contribution in [0.2, 0.25) is 0 Å². The molecule has 0 unspecified atom stereocenters. The molecule has 1 aromatic heterocycles. The van der Waals surface area contributed by atoms with Gasteiger partial charge in [0.15, 0.2) is 0 Å². The summed E-state index contributed by atoms with van der Waals surface area (Å²) in [5.74, 6) is 1.28. The van der Waals surface area contributed by atoms with Crippen LogP contribution in [0.4, 0.5) is 5.82 Å². The Kier molecular flexibility index (Phi) is 7.73. The molecule has 0 fully saturated rings. The predicted octanol–water partition coefficient (Wildman–Crippen LogP) is 6.55. The van der Waals surface area contributed by atoms with E-state index in [4.69, 9.17) is 9.84 Å². The molecule has 1 N–H and O–H groups in total. The van der Waals surface area contributed by atoms with Crippen LogP contribution < -0.4 is 10.1 Å². The molecule has 3 rings (SSSR count). The number of aromatic nitrogens is 2. The summed E-state index contributed by atoms with van der Waals surface area (Å²) in [4.78, 5) is 13.0. The summed E-state index contributed by atoms with van der Waals surface area (Å²) in [5, 5.41) is 7.83. The van der Waals surface area contributed by atoms with Gasteiger partial charge in [0.25, 0.3) is 5.91 Å². The van der Waals surface area contributed by atoms with Gasteiger partial charge in [-0.15, -0.1) is 0 Å². The van der Waals surface area contributed by atoms with E-state index in [1.807, 2.05) is 42.5 Å². The summed E-state index contributed by atoms with van der Waals surface area (Å²) in [7, 11) is 1.64. The number of anilines is 1. The second-order valence-corrected chi connectivity index (χ2v) is 9.24. The van der Waals surface area contributed by atoms with Gasteiger partial charge in [-0.1, -0.05) is 59.1 Å². The van der Waals surface area contributed by atoms with Gasteiger partial charge in [-0.25, -0.2) is 4.68 Å². The van der Waals surface area contributed by atoms with Crippen molar-refractivity contribution in [1.82, 2.24) is 9.78 Å². The Morgan fingerprint density at radius 2 is 1.69 bits per heavy atom. The minimum Gasteiger partial charge on any atom is -0.497 e. The fourth-order valence-electron chi connectivity index (χ4n) is 3.52. The zero-order valence-electron chi connectivity index (χ0n) is 19.9. The molecule has 5 heteroatoms. The lowest BCUT2D eigenvalue weighted by atomic mass is 9.92. The van der Waals surface area contributed by atoms with Crippen LogP contribution in [0.1, 0.15) is 75.0 Å². The van der Waals surface area contributed by atoms with Crippen LogP contribution in [-0.4, -0.2) is 22.8 Å².